The van der Waals surface area contributed by atoms with Gasteiger partial charge in [-0.1, -0.05) is 84.9 Å². The van der Waals surface area contributed by atoms with E-state index in [2.05, 4.69) is 78.9 Å². The van der Waals surface area contributed by atoms with Gasteiger partial charge in [0.2, 0.25) is 0 Å². The maximum absolute atomic E-state index is 11.1. The Balaban J connectivity index is 1.64. The summed E-state index contributed by atoms with van der Waals surface area (Å²) in [6, 6.07) is 34.7. The van der Waals surface area contributed by atoms with Gasteiger partial charge in [-0.25, -0.2) is 4.79 Å². The number of benzene rings is 5. The van der Waals surface area contributed by atoms with Crippen LogP contribution in [-0.2, 0) is 0 Å². The first kappa shape index (κ1) is 17.2. The van der Waals surface area contributed by atoms with E-state index in [4.69, 9.17) is 5.11 Å². The van der Waals surface area contributed by atoms with Gasteiger partial charge in [-0.15, -0.1) is 0 Å². The van der Waals surface area contributed by atoms with Crippen LogP contribution in [0.25, 0.3) is 43.8 Å². The second-order valence-electron chi connectivity index (χ2n) is 7.15. The van der Waals surface area contributed by atoms with E-state index < -0.39 is 5.97 Å². The number of hydrogen-bond donors (Lipinski definition) is 1. The Bertz CT molecular complexity index is 1290. The highest BCUT2D eigenvalue weighted by atomic mass is 16.4. The Morgan fingerprint density at radius 1 is 0.552 bits per heavy atom. The van der Waals surface area contributed by atoms with Gasteiger partial charge < -0.3 is 5.11 Å². The van der Waals surface area contributed by atoms with Crippen molar-refractivity contribution in [3.05, 3.63) is 109 Å². The molecule has 0 aliphatic rings. The molecule has 0 saturated carbocycles. The quantitative estimate of drug-likeness (QED) is 0.344. The summed E-state index contributed by atoms with van der Waals surface area (Å²) in [5.41, 5.74) is 4.78. The monoisotopic (exact) mass is 374 g/mol. The van der Waals surface area contributed by atoms with E-state index >= 15 is 0 Å². The largest absolute Gasteiger partial charge is 0.478 e. The van der Waals surface area contributed by atoms with Crippen LogP contribution in [0.3, 0.4) is 0 Å². The van der Waals surface area contributed by atoms with E-state index in [1.54, 1.807) is 12.1 Å². The molecule has 0 aliphatic carbocycles. The van der Waals surface area contributed by atoms with Crippen molar-refractivity contribution in [1.29, 1.82) is 0 Å². The van der Waals surface area contributed by atoms with Gasteiger partial charge in [-0.05, 0) is 62.0 Å². The molecular weight excluding hydrogens is 356 g/mol. The fourth-order valence-corrected chi connectivity index (χ4v) is 3.96. The Morgan fingerprint density at radius 3 is 1.52 bits per heavy atom. The van der Waals surface area contributed by atoms with E-state index in [0.29, 0.717) is 5.56 Å². The van der Waals surface area contributed by atoms with Crippen LogP contribution in [0.15, 0.2) is 103 Å². The zero-order valence-corrected chi connectivity index (χ0v) is 15.7. The summed E-state index contributed by atoms with van der Waals surface area (Å²) in [5, 5.41) is 14.0. The van der Waals surface area contributed by atoms with Crippen LogP contribution in [-0.4, -0.2) is 11.1 Å². The number of aromatic carboxylic acids is 1. The summed E-state index contributed by atoms with van der Waals surface area (Å²) in [4.78, 5) is 11.1. The lowest BCUT2D eigenvalue weighted by atomic mass is 9.91. The Kier molecular flexibility index (Phi) is 4.10. The molecule has 0 fully saturated rings. The van der Waals surface area contributed by atoms with Gasteiger partial charge in [0.1, 0.15) is 0 Å². The molecule has 29 heavy (non-hydrogen) atoms. The molecule has 1 N–H and O–H groups in total. The summed E-state index contributed by atoms with van der Waals surface area (Å²) in [6.07, 6.45) is 0. The van der Waals surface area contributed by atoms with Gasteiger partial charge in [0, 0.05) is 0 Å². The molecule has 0 atom stereocenters. The highest BCUT2D eigenvalue weighted by Crippen LogP contribution is 2.37. The lowest BCUT2D eigenvalue weighted by molar-refractivity contribution is 0.0697. The number of carboxylic acids is 1. The van der Waals surface area contributed by atoms with Gasteiger partial charge in [-0.2, -0.15) is 0 Å². The molecule has 0 aromatic heterocycles. The lowest BCUT2D eigenvalue weighted by Gasteiger charge is -2.13. The molecule has 2 nitrogen and oxygen atoms in total. The van der Waals surface area contributed by atoms with Gasteiger partial charge >= 0.3 is 5.97 Å². The summed E-state index contributed by atoms with van der Waals surface area (Å²) in [5.74, 6) is -0.908. The van der Waals surface area contributed by atoms with Gasteiger partial charge in [0.05, 0.1) is 5.56 Å². The molecule has 0 radical (unpaired) electrons. The number of hydrogen-bond acceptors (Lipinski definition) is 1. The lowest BCUT2D eigenvalue weighted by Crippen LogP contribution is -1.94. The number of carboxylic acid groups (broad SMARTS) is 1. The van der Waals surface area contributed by atoms with Crippen molar-refractivity contribution >= 4 is 27.5 Å². The van der Waals surface area contributed by atoms with Crippen LogP contribution in [0.1, 0.15) is 10.4 Å². The zero-order valence-electron chi connectivity index (χ0n) is 15.7. The van der Waals surface area contributed by atoms with E-state index in [1.807, 2.05) is 12.1 Å². The summed E-state index contributed by atoms with van der Waals surface area (Å²) < 4.78 is 0. The molecule has 5 aromatic rings. The van der Waals surface area contributed by atoms with Gasteiger partial charge in [-0.3, -0.25) is 0 Å². The predicted molar refractivity (Wildman–Crippen MR) is 119 cm³/mol. The first-order valence-electron chi connectivity index (χ1n) is 9.55. The maximum Gasteiger partial charge on any atom is 0.335 e. The minimum absolute atomic E-state index is 0.299. The molecular formula is C27H18O2. The molecule has 138 valence electrons. The Labute approximate surface area is 168 Å². The Morgan fingerprint density at radius 2 is 1.00 bits per heavy atom. The predicted octanol–water partition coefficient (Wildman–Crippen LogP) is 7.03. The third-order valence-corrected chi connectivity index (χ3v) is 5.41. The van der Waals surface area contributed by atoms with Crippen molar-refractivity contribution in [2.75, 3.05) is 0 Å². The first-order valence-corrected chi connectivity index (χ1v) is 9.55. The molecule has 5 rings (SSSR count). The average molecular weight is 374 g/mol. The topological polar surface area (TPSA) is 37.3 Å². The van der Waals surface area contributed by atoms with Crippen molar-refractivity contribution in [2.45, 2.75) is 0 Å². The first-order chi connectivity index (χ1) is 14.2. The van der Waals surface area contributed by atoms with E-state index in [0.717, 1.165) is 11.1 Å². The number of carbonyl (C=O) groups is 1. The normalized spacial score (nSPS) is 11.0. The molecule has 2 heteroatoms. The molecule has 0 aliphatic heterocycles. The van der Waals surface area contributed by atoms with Crippen molar-refractivity contribution in [3.8, 4) is 22.3 Å². The standard InChI is InChI=1S/C27H18O2/c28-27(29)21-15-11-19(12-16-21)18-9-13-20(14-10-18)26-24-7-3-1-5-22(24)17-23-6-2-4-8-25(23)26/h1-17H,(H,28,29). The fraction of sp³-hybridized carbons (Fsp3) is 0. The average Bonchev–Trinajstić information content (AvgIpc) is 2.77. The van der Waals surface area contributed by atoms with Crippen LogP contribution in [0, 0.1) is 0 Å². The van der Waals surface area contributed by atoms with Crippen LogP contribution >= 0.6 is 0 Å². The minimum atomic E-state index is -0.908. The van der Waals surface area contributed by atoms with Crippen LogP contribution in [0.2, 0.25) is 0 Å². The van der Waals surface area contributed by atoms with E-state index in [-0.39, 0.29) is 0 Å². The second kappa shape index (κ2) is 6.92. The van der Waals surface area contributed by atoms with Crippen molar-refractivity contribution in [3.63, 3.8) is 0 Å². The third kappa shape index (κ3) is 3.05. The maximum atomic E-state index is 11.1. The molecule has 0 heterocycles. The fourth-order valence-electron chi connectivity index (χ4n) is 3.96. The number of fused-ring (bicyclic) bond motifs is 2. The summed E-state index contributed by atoms with van der Waals surface area (Å²) in [6.45, 7) is 0. The molecule has 0 amide bonds. The van der Waals surface area contributed by atoms with Crippen molar-refractivity contribution in [2.24, 2.45) is 0 Å². The molecule has 0 unspecified atom stereocenters. The smallest absolute Gasteiger partial charge is 0.335 e. The van der Waals surface area contributed by atoms with Crippen LogP contribution < -0.4 is 0 Å². The third-order valence-electron chi connectivity index (χ3n) is 5.41. The molecule has 0 saturated heterocycles. The number of rotatable bonds is 3. The molecule has 5 aromatic carbocycles. The molecule has 0 spiro atoms. The van der Waals surface area contributed by atoms with E-state index in [9.17, 15) is 4.79 Å². The summed E-state index contributed by atoms with van der Waals surface area (Å²) >= 11 is 0. The van der Waals surface area contributed by atoms with Crippen LogP contribution in [0.4, 0.5) is 0 Å². The minimum Gasteiger partial charge on any atom is -0.478 e. The van der Waals surface area contributed by atoms with Gasteiger partial charge in [0.15, 0.2) is 0 Å². The van der Waals surface area contributed by atoms with Crippen LogP contribution in [0.5, 0.6) is 0 Å². The van der Waals surface area contributed by atoms with E-state index in [1.165, 1.54) is 32.7 Å². The highest BCUT2D eigenvalue weighted by Gasteiger charge is 2.10. The second-order valence-corrected chi connectivity index (χ2v) is 7.15. The van der Waals surface area contributed by atoms with Crippen molar-refractivity contribution < 1.29 is 9.90 Å². The highest BCUT2D eigenvalue weighted by molar-refractivity contribution is 6.12. The Hall–Kier alpha value is -3.91. The SMILES string of the molecule is O=C(O)c1ccc(-c2ccc(-c3c4ccccc4cc4ccccc34)cc2)cc1. The summed E-state index contributed by atoms with van der Waals surface area (Å²) in [7, 11) is 0. The van der Waals surface area contributed by atoms with Crippen molar-refractivity contribution in [1.82, 2.24) is 0 Å². The zero-order chi connectivity index (χ0) is 19.8. The van der Waals surface area contributed by atoms with Gasteiger partial charge in [0.25, 0.3) is 0 Å². The molecule has 0 bridgehead atoms.